The van der Waals surface area contributed by atoms with Gasteiger partial charge in [0, 0.05) is 29.9 Å². The van der Waals surface area contributed by atoms with Crippen LogP contribution in [0.1, 0.15) is 27.4 Å². The largest absolute Gasteiger partial charge is 0.554 e. The molecule has 9 nitrogen and oxygen atoms in total. The highest BCUT2D eigenvalue weighted by atomic mass is 16.5. The van der Waals surface area contributed by atoms with E-state index in [1.165, 1.54) is 5.56 Å². The maximum Gasteiger partial charge on any atom is 0.251 e. The van der Waals surface area contributed by atoms with E-state index < -0.39 is 6.47 Å². The van der Waals surface area contributed by atoms with E-state index in [2.05, 4.69) is 26.2 Å². The van der Waals surface area contributed by atoms with E-state index in [0.29, 0.717) is 17.8 Å². The number of aryl methyl sites for hydroxylation is 3. The molecule has 0 aromatic carbocycles. The van der Waals surface area contributed by atoms with Gasteiger partial charge in [0.25, 0.3) is 5.91 Å². The summed E-state index contributed by atoms with van der Waals surface area (Å²) >= 11 is 0. The summed E-state index contributed by atoms with van der Waals surface area (Å²) in [5.74, 6) is 0.632. The molecule has 0 fully saturated rings. The minimum atomic E-state index is -0.500. The number of carbonyl (C=O) groups is 2. The van der Waals surface area contributed by atoms with E-state index in [1.54, 1.807) is 18.3 Å². The standard InChI is InChI=1S/C21H21N5O2.CH2O2/c1-14-5-4-8-25(13-14)10-7-22-21(27)17-6-9-26-18(12-23-19(26)11-17)20-15(2)24-28-16(20)3;2-1-3/h4-6,8-9,11-13H,7,10H2,1-3H3;1H,(H,2,3). The van der Waals surface area contributed by atoms with Crippen molar-refractivity contribution in [2.24, 2.45) is 0 Å². The Balaban J connectivity index is 0.000000858. The number of amides is 1. The average Bonchev–Trinajstić information content (AvgIpc) is 3.30. The number of nitrogens with one attached hydrogen (secondary N) is 1. The molecule has 9 heteroatoms. The first-order chi connectivity index (χ1) is 14.9. The van der Waals surface area contributed by atoms with Gasteiger partial charge in [0.15, 0.2) is 18.9 Å². The van der Waals surface area contributed by atoms with Gasteiger partial charge in [0.2, 0.25) is 0 Å². The SMILES string of the molecule is Cc1ccc[n+](CCNC(=O)c2ccn3c(-c4c(C)noc4C)cnc3c2)c1.O=C[O-]. The van der Waals surface area contributed by atoms with Crippen molar-refractivity contribution in [3.63, 3.8) is 0 Å². The van der Waals surface area contributed by atoms with Crippen LogP contribution in [0.5, 0.6) is 0 Å². The maximum absolute atomic E-state index is 12.5. The Kier molecular flexibility index (Phi) is 6.76. The van der Waals surface area contributed by atoms with Gasteiger partial charge in [-0.15, -0.1) is 0 Å². The van der Waals surface area contributed by atoms with Crippen LogP contribution in [0.25, 0.3) is 16.9 Å². The highest BCUT2D eigenvalue weighted by Gasteiger charge is 2.16. The molecule has 0 aliphatic carbocycles. The van der Waals surface area contributed by atoms with Gasteiger partial charge in [0.1, 0.15) is 11.4 Å². The molecule has 0 aliphatic rings. The molecular weight excluding hydrogens is 398 g/mol. The van der Waals surface area contributed by atoms with Crippen LogP contribution in [0.4, 0.5) is 0 Å². The Hall–Kier alpha value is -4.01. The third-order valence-electron chi connectivity index (χ3n) is 4.73. The van der Waals surface area contributed by atoms with Crippen LogP contribution in [0.3, 0.4) is 0 Å². The second kappa shape index (κ2) is 9.66. The van der Waals surface area contributed by atoms with Crippen LogP contribution in [0, 0.1) is 20.8 Å². The second-order valence-corrected chi connectivity index (χ2v) is 6.96. The lowest BCUT2D eigenvalue weighted by atomic mass is 10.1. The first kappa shape index (κ1) is 21.7. The molecule has 4 heterocycles. The molecule has 4 rings (SSSR count). The third kappa shape index (κ3) is 4.95. The summed E-state index contributed by atoms with van der Waals surface area (Å²) in [6.07, 6.45) is 7.68. The lowest BCUT2D eigenvalue weighted by Gasteiger charge is -2.05. The highest BCUT2D eigenvalue weighted by Crippen LogP contribution is 2.27. The summed E-state index contributed by atoms with van der Waals surface area (Å²) in [7, 11) is 0. The molecule has 0 aliphatic heterocycles. The van der Waals surface area contributed by atoms with Crippen molar-refractivity contribution < 1.29 is 23.8 Å². The summed E-state index contributed by atoms with van der Waals surface area (Å²) in [5.41, 5.74) is 5.12. The van der Waals surface area contributed by atoms with Crippen molar-refractivity contribution in [3.8, 4) is 11.3 Å². The summed E-state index contributed by atoms with van der Waals surface area (Å²) in [6, 6.07) is 7.63. The Labute approximate surface area is 179 Å². The number of aromatic nitrogens is 4. The van der Waals surface area contributed by atoms with Gasteiger partial charge in [0.05, 0.1) is 29.7 Å². The average molecular weight is 421 g/mol. The van der Waals surface area contributed by atoms with Crippen LogP contribution < -0.4 is 15.0 Å². The lowest BCUT2D eigenvalue weighted by Crippen LogP contribution is -2.40. The van der Waals surface area contributed by atoms with Gasteiger partial charge in [-0.2, -0.15) is 0 Å². The Morgan fingerprint density at radius 2 is 2.10 bits per heavy atom. The van der Waals surface area contributed by atoms with Crippen molar-refractivity contribution in [2.75, 3.05) is 6.54 Å². The molecule has 0 saturated carbocycles. The maximum atomic E-state index is 12.5. The van der Waals surface area contributed by atoms with Crippen molar-refractivity contribution in [1.82, 2.24) is 19.9 Å². The predicted molar refractivity (Wildman–Crippen MR) is 110 cm³/mol. The minimum absolute atomic E-state index is 0.113. The zero-order chi connectivity index (χ0) is 22.4. The van der Waals surface area contributed by atoms with Gasteiger partial charge >= 0.3 is 0 Å². The fourth-order valence-corrected chi connectivity index (χ4v) is 3.35. The summed E-state index contributed by atoms with van der Waals surface area (Å²) < 4.78 is 9.26. The van der Waals surface area contributed by atoms with E-state index in [0.717, 1.165) is 29.3 Å². The number of fused-ring (bicyclic) bond motifs is 1. The number of carboxylic acid groups (broad SMARTS) is 1. The van der Waals surface area contributed by atoms with Gasteiger partial charge < -0.3 is 19.7 Å². The van der Waals surface area contributed by atoms with E-state index in [4.69, 9.17) is 14.4 Å². The van der Waals surface area contributed by atoms with Gasteiger partial charge in [-0.1, -0.05) is 5.16 Å². The van der Waals surface area contributed by atoms with Crippen LogP contribution >= 0.6 is 0 Å². The van der Waals surface area contributed by atoms with Crippen molar-refractivity contribution >= 4 is 18.0 Å². The molecule has 0 spiro atoms. The monoisotopic (exact) mass is 421 g/mol. The van der Waals surface area contributed by atoms with E-state index in [-0.39, 0.29) is 5.91 Å². The molecule has 1 N–H and O–H groups in total. The van der Waals surface area contributed by atoms with Crippen LogP contribution in [-0.2, 0) is 11.3 Å². The second-order valence-electron chi connectivity index (χ2n) is 6.96. The first-order valence-electron chi connectivity index (χ1n) is 9.64. The van der Waals surface area contributed by atoms with Crippen LogP contribution in [0.15, 0.2) is 53.6 Å². The van der Waals surface area contributed by atoms with Gasteiger partial charge in [-0.25, -0.2) is 9.55 Å². The van der Waals surface area contributed by atoms with Crippen molar-refractivity contribution in [3.05, 3.63) is 71.6 Å². The number of pyridine rings is 2. The smallest absolute Gasteiger partial charge is 0.251 e. The Morgan fingerprint density at radius 3 is 2.77 bits per heavy atom. The number of nitrogens with zero attached hydrogens (tertiary/aromatic N) is 4. The molecule has 0 bridgehead atoms. The molecule has 4 aromatic rings. The number of hydrogen-bond donors (Lipinski definition) is 1. The molecule has 0 atom stereocenters. The lowest BCUT2D eigenvalue weighted by molar-refractivity contribution is -0.695. The normalized spacial score (nSPS) is 10.4. The molecule has 0 unspecified atom stereocenters. The van der Waals surface area contributed by atoms with E-state index in [9.17, 15) is 4.79 Å². The van der Waals surface area contributed by atoms with Gasteiger partial charge in [-0.05, 0) is 39.0 Å². The number of hydrogen-bond acceptors (Lipinski definition) is 6. The van der Waals surface area contributed by atoms with Crippen molar-refractivity contribution in [1.29, 1.82) is 0 Å². The molecule has 31 heavy (non-hydrogen) atoms. The fourth-order valence-electron chi connectivity index (χ4n) is 3.35. The molecule has 1 amide bonds. The summed E-state index contributed by atoms with van der Waals surface area (Å²) in [4.78, 5) is 25.2. The quantitative estimate of drug-likeness (QED) is 0.380. The van der Waals surface area contributed by atoms with Gasteiger partial charge in [-0.3, -0.25) is 9.20 Å². The van der Waals surface area contributed by atoms with Crippen LogP contribution in [0.2, 0.25) is 0 Å². The number of imidazole rings is 1. The summed E-state index contributed by atoms with van der Waals surface area (Å²) in [5, 5.41) is 15.2. The topological polar surface area (TPSA) is 116 Å². The third-order valence-corrected chi connectivity index (χ3v) is 4.73. The fraction of sp³-hybridized carbons (Fsp3) is 0.227. The molecule has 4 aromatic heterocycles. The molecule has 0 radical (unpaired) electrons. The Morgan fingerprint density at radius 1 is 1.32 bits per heavy atom. The van der Waals surface area contributed by atoms with E-state index >= 15 is 0 Å². The summed E-state index contributed by atoms with van der Waals surface area (Å²) in [6.45, 7) is 6.60. The molecule has 0 saturated heterocycles. The zero-order valence-electron chi connectivity index (χ0n) is 17.5. The van der Waals surface area contributed by atoms with Crippen molar-refractivity contribution in [2.45, 2.75) is 27.3 Å². The first-order valence-corrected chi connectivity index (χ1v) is 9.64. The van der Waals surface area contributed by atoms with Crippen LogP contribution in [-0.4, -0.2) is 33.5 Å². The number of carbonyl (C=O) groups excluding carboxylic acids is 2. The van der Waals surface area contributed by atoms with E-state index in [1.807, 2.05) is 49.7 Å². The molecule has 160 valence electrons. The number of rotatable bonds is 5. The Bertz CT molecular complexity index is 1190. The zero-order valence-corrected chi connectivity index (χ0v) is 17.5. The predicted octanol–water partition coefficient (Wildman–Crippen LogP) is 0.998. The minimum Gasteiger partial charge on any atom is -0.554 e. The molecular formula is C22H23N5O4. The highest BCUT2D eigenvalue weighted by molar-refractivity contribution is 5.95.